The van der Waals surface area contributed by atoms with Crippen LogP contribution in [0.1, 0.15) is 37.7 Å². The van der Waals surface area contributed by atoms with Crippen molar-refractivity contribution in [2.24, 2.45) is 0 Å². The average Bonchev–Trinajstić information content (AvgIpc) is 2.92. The van der Waals surface area contributed by atoms with Crippen molar-refractivity contribution in [2.45, 2.75) is 44.6 Å². The fourth-order valence-corrected chi connectivity index (χ4v) is 2.19. The van der Waals surface area contributed by atoms with E-state index in [4.69, 9.17) is 9.47 Å². The van der Waals surface area contributed by atoms with E-state index in [-0.39, 0.29) is 12.4 Å². The van der Waals surface area contributed by atoms with E-state index in [1.807, 2.05) is 0 Å². The summed E-state index contributed by atoms with van der Waals surface area (Å²) in [5, 5.41) is 0. The summed E-state index contributed by atoms with van der Waals surface area (Å²) in [6.45, 7) is 1.09. The predicted molar refractivity (Wildman–Crippen MR) is 69.5 cm³/mol. The van der Waals surface area contributed by atoms with E-state index in [1.54, 1.807) is 12.4 Å². The minimum absolute atomic E-state index is 0.227. The summed E-state index contributed by atoms with van der Waals surface area (Å²) in [6, 6.07) is 0. The molecule has 19 heavy (non-hydrogen) atoms. The second kappa shape index (κ2) is 7.84. The molecule has 1 aliphatic rings. The van der Waals surface area contributed by atoms with Crippen molar-refractivity contribution in [3.63, 3.8) is 0 Å². The third kappa shape index (κ3) is 5.34. The van der Waals surface area contributed by atoms with E-state index < -0.39 is 0 Å². The lowest BCUT2D eigenvalue weighted by Crippen LogP contribution is -2.13. The molecule has 0 aromatic carbocycles. The molecular formula is C14H20N2O3. The molecule has 0 bridgehead atoms. The van der Waals surface area contributed by atoms with Gasteiger partial charge in [-0.05, 0) is 18.4 Å². The maximum atomic E-state index is 11.5. The van der Waals surface area contributed by atoms with Crippen LogP contribution >= 0.6 is 0 Å². The number of hydrogen-bond donors (Lipinski definition) is 0. The number of esters is 1. The van der Waals surface area contributed by atoms with Gasteiger partial charge in [-0.25, -0.2) is 9.97 Å². The lowest BCUT2D eigenvalue weighted by atomic mass is 10.2. The SMILES string of the molecule is O=C(Cc1cncnc1)OCCCOC1CCCC1. The summed E-state index contributed by atoms with van der Waals surface area (Å²) in [4.78, 5) is 19.2. The van der Waals surface area contributed by atoms with Crippen LogP contribution in [0.5, 0.6) is 0 Å². The topological polar surface area (TPSA) is 61.3 Å². The summed E-state index contributed by atoms with van der Waals surface area (Å²) in [5.74, 6) is -0.240. The van der Waals surface area contributed by atoms with E-state index in [0.717, 1.165) is 12.0 Å². The second-order valence-corrected chi connectivity index (χ2v) is 4.77. The minimum atomic E-state index is -0.240. The van der Waals surface area contributed by atoms with Crippen molar-refractivity contribution in [2.75, 3.05) is 13.2 Å². The first kappa shape index (κ1) is 13.9. The first-order chi connectivity index (χ1) is 9.34. The number of ether oxygens (including phenoxy) is 2. The van der Waals surface area contributed by atoms with Gasteiger partial charge in [0.05, 0.1) is 25.7 Å². The first-order valence-electron chi connectivity index (χ1n) is 6.86. The highest BCUT2D eigenvalue weighted by molar-refractivity contribution is 5.72. The Hall–Kier alpha value is -1.49. The fraction of sp³-hybridized carbons (Fsp3) is 0.643. The number of carbonyl (C=O) groups excluding carboxylic acids is 1. The summed E-state index contributed by atoms with van der Waals surface area (Å²) in [7, 11) is 0. The molecule has 1 saturated carbocycles. The zero-order valence-electron chi connectivity index (χ0n) is 11.1. The summed E-state index contributed by atoms with van der Waals surface area (Å²) >= 11 is 0. The Bertz CT molecular complexity index is 378. The van der Waals surface area contributed by atoms with Crippen LogP contribution in [0.25, 0.3) is 0 Å². The van der Waals surface area contributed by atoms with Crippen molar-refractivity contribution < 1.29 is 14.3 Å². The van der Waals surface area contributed by atoms with Crippen molar-refractivity contribution in [1.29, 1.82) is 0 Å². The van der Waals surface area contributed by atoms with Gasteiger partial charge >= 0.3 is 5.97 Å². The normalized spacial score (nSPS) is 15.6. The molecule has 1 aromatic rings. The molecule has 0 amide bonds. The number of nitrogens with zero attached hydrogens (tertiary/aromatic N) is 2. The molecule has 0 aliphatic heterocycles. The van der Waals surface area contributed by atoms with Gasteiger partial charge in [-0.1, -0.05) is 12.8 Å². The molecule has 0 atom stereocenters. The zero-order chi connectivity index (χ0) is 13.3. The van der Waals surface area contributed by atoms with Crippen LogP contribution in [0, 0.1) is 0 Å². The van der Waals surface area contributed by atoms with Crippen LogP contribution in [0.15, 0.2) is 18.7 Å². The Kier molecular flexibility index (Phi) is 5.75. The molecule has 1 aliphatic carbocycles. The maximum Gasteiger partial charge on any atom is 0.310 e. The zero-order valence-corrected chi connectivity index (χ0v) is 11.1. The van der Waals surface area contributed by atoms with E-state index in [9.17, 15) is 4.79 Å². The molecule has 0 saturated heterocycles. The highest BCUT2D eigenvalue weighted by Crippen LogP contribution is 2.20. The third-order valence-corrected chi connectivity index (χ3v) is 3.17. The molecule has 5 nitrogen and oxygen atoms in total. The van der Waals surface area contributed by atoms with Gasteiger partial charge in [0.1, 0.15) is 6.33 Å². The van der Waals surface area contributed by atoms with Crippen LogP contribution < -0.4 is 0 Å². The van der Waals surface area contributed by atoms with Crippen molar-refractivity contribution >= 4 is 5.97 Å². The highest BCUT2D eigenvalue weighted by atomic mass is 16.5. The summed E-state index contributed by atoms with van der Waals surface area (Å²) in [6.07, 6.45) is 11.0. The standard InChI is InChI=1S/C14H20N2O3/c17-14(8-12-9-15-11-16-10-12)19-7-3-6-18-13-4-1-2-5-13/h9-11,13H,1-8H2. The number of rotatable bonds is 7. The van der Waals surface area contributed by atoms with Gasteiger partial charge < -0.3 is 9.47 Å². The minimum Gasteiger partial charge on any atom is -0.465 e. The smallest absolute Gasteiger partial charge is 0.310 e. The van der Waals surface area contributed by atoms with Crippen LogP contribution in [-0.2, 0) is 20.7 Å². The maximum absolute atomic E-state index is 11.5. The molecule has 0 radical (unpaired) electrons. The van der Waals surface area contributed by atoms with E-state index in [1.165, 1.54) is 32.0 Å². The van der Waals surface area contributed by atoms with E-state index >= 15 is 0 Å². The molecule has 0 unspecified atom stereocenters. The lowest BCUT2D eigenvalue weighted by Gasteiger charge is -2.10. The largest absolute Gasteiger partial charge is 0.465 e. The fourth-order valence-electron chi connectivity index (χ4n) is 2.19. The van der Waals surface area contributed by atoms with Crippen molar-refractivity contribution in [3.05, 3.63) is 24.3 Å². The monoisotopic (exact) mass is 264 g/mol. The molecule has 104 valence electrons. The van der Waals surface area contributed by atoms with Gasteiger partial charge in [-0.15, -0.1) is 0 Å². The van der Waals surface area contributed by atoms with Crippen molar-refractivity contribution in [3.8, 4) is 0 Å². The molecule has 0 spiro atoms. The van der Waals surface area contributed by atoms with Crippen LogP contribution in [-0.4, -0.2) is 35.3 Å². The molecule has 1 aromatic heterocycles. The Labute approximate surface area is 113 Å². The molecule has 5 heteroatoms. The van der Waals surface area contributed by atoms with Crippen LogP contribution in [0.3, 0.4) is 0 Å². The van der Waals surface area contributed by atoms with Crippen LogP contribution in [0.2, 0.25) is 0 Å². The van der Waals surface area contributed by atoms with E-state index in [0.29, 0.717) is 19.3 Å². The predicted octanol–water partition coefficient (Wildman–Crippen LogP) is 1.91. The number of hydrogen-bond acceptors (Lipinski definition) is 5. The molecule has 2 rings (SSSR count). The molecule has 1 fully saturated rings. The quantitative estimate of drug-likeness (QED) is 0.556. The number of aromatic nitrogens is 2. The Morgan fingerprint density at radius 2 is 1.95 bits per heavy atom. The van der Waals surface area contributed by atoms with Gasteiger partial charge in [0.25, 0.3) is 0 Å². The van der Waals surface area contributed by atoms with Crippen molar-refractivity contribution in [1.82, 2.24) is 9.97 Å². The summed E-state index contributed by atoms with van der Waals surface area (Å²) < 4.78 is 10.8. The Balaban J connectivity index is 1.51. The van der Waals surface area contributed by atoms with Gasteiger partial charge in [0, 0.05) is 18.8 Å². The van der Waals surface area contributed by atoms with Crippen LogP contribution in [0.4, 0.5) is 0 Å². The molecule has 0 N–H and O–H groups in total. The van der Waals surface area contributed by atoms with Gasteiger partial charge in [-0.2, -0.15) is 0 Å². The third-order valence-electron chi connectivity index (χ3n) is 3.17. The van der Waals surface area contributed by atoms with Gasteiger partial charge in [0.2, 0.25) is 0 Å². The average molecular weight is 264 g/mol. The molecular weight excluding hydrogens is 244 g/mol. The van der Waals surface area contributed by atoms with Gasteiger partial charge in [0.15, 0.2) is 0 Å². The molecule has 1 heterocycles. The Morgan fingerprint density at radius 1 is 1.21 bits per heavy atom. The van der Waals surface area contributed by atoms with E-state index in [2.05, 4.69) is 9.97 Å². The lowest BCUT2D eigenvalue weighted by molar-refractivity contribution is -0.143. The van der Waals surface area contributed by atoms with Gasteiger partial charge in [-0.3, -0.25) is 4.79 Å². The highest BCUT2D eigenvalue weighted by Gasteiger charge is 2.14. The summed E-state index contributed by atoms with van der Waals surface area (Å²) in [5.41, 5.74) is 0.773. The second-order valence-electron chi connectivity index (χ2n) is 4.77. The first-order valence-corrected chi connectivity index (χ1v) is 6.86. The number of carbonyl (C=O) groups is 1. The Morgan fingerprint density at radius 3 is 2.68 bits per heavy atom.